The van der Waals surface area contributed by atoms with Crippen molar-refractivity contribution in [1.29, 1.82) is 0 Å². The molecule has 1 spiro atoms. The summed E-state index contributed by atoms with van der Waals surface area (Å²) >= 11 is 0. The lowest BCUT2D eigenvalue weighted by molar-refractivity contribution is -0.195. The number of para-hydroxylation sites is 1. The number of aromatic nitrogens is 3. The molecule has 172 valence electrons. The maximum Gasteiger partial charge on any atom is 0.218 e. The van der Waals surface area contributed by atoms with Gasteiger partial charge in [0.1, 0.15) is 11.6 Å². The maximum absolute atomic E-state index is 6.36. The van der Waals surface area contributed by atoms with Gasteiger partial charge in [0.25, 0.3) is 0 Å². The maximum atomic E-state index is 6.36. The number of nitrogens with zero attached hydrogens (tertiary/aromatic N) is 5. The van der Waals surface area contributed by atoms with Crippen LogP contribution in [0.1, 0.15) is 12.8 Å². The molecule has 2 fully saturated rings. The summed E-state index contributed by atoms with van der Waals surface area (Å²) in [6.07, 6.45) is 3.04. The Balaban J connectivity index is 1.28. The van der Waals surface area contributed by atoms with E-state index >= 15 is 0 Å². The van der Waals surface area contributed by atoms with E-state index in [1.807, 2.05) is 28.9 Å². The van der Waals surface area contributed by atoms with Crippen molar-refractivity contribution >= 4 is 16.9 Å². The highest BCUT2D eigenvalue weighted by atomic mass is 16.7. The lowest BCUT2D eigenvalue weighted by Gasteiger charge is -2.37. The minimum absolute atomic E-state index is 0.0477. The Bertz CT molecular complexity index is 1010. The number of nitrogens with two attached hydrogens (primary N) is 1. The molecule has 4 rings (SSSR count). The largest absolute Gasteiger partial charge is 0.483 e. The van der Waals surface area contributed by atoms with Crippen LogP contribution in [0.25, 0.3) is 11.0 Å². The number of rotatable bonds is 7. The fourth-order valence-corrected chi connectivity index (χ4v) is 4.03. The van der Waals surface area contributed by atoms with Gasteiger partial charge in [0.2, 0.25) is 5.90 Å². The number of methoxy groups -OCH3 is 2. The van der Waals surface area contributed by atoms with E-state index in [4.69, 9.17) is 24.7 Å². The van der Waals surface area contributed by atoms with Crippen LogP contribution in [-0.2, 0) is 25.5 Å². The third kappa shape index (κ3) is 5.09. The fraction of sp³-hybridized carbons (Fsp3) is 0.500. The second-order valence-corrected chi connectivity index (χ2v) is 7.97. The van der Waals surface area contributed by atoms with Crippen molar-refractivity contribution in [3.8, 4) is 0 Å². The molecule has 2 aromatic rings. The standard InChI is InChI=1S/C22H30N6O4/c1-16(24-21(30-3)12-20(23)29-2)13-27-10-8-22(9-11-27)31-15-17(32-22)14-28-19-7-5-4-6-18(19)25-26-28/h4-7,12,17H,1,8-11,13-15,23H2,2-3H3/b20-12+,24-21?. The van der Waals surface area contributed by atoms with Gasteiger partial charge in [0, 0.05) is 32.5 Å². The highest BCUT2D eigenvalue weighted by Gasteiger charge is 2.44. The van der Waals surface area contributed by atoms with Gasteiger partial charge in [-0.05, 0) is 12.1 Å². The van der Waals surface area contributed by atoms with E-state index in [0.29, 0.717) is 31.3 Å². The second-order valence-electron chi connectivity index (χ2n) is 7.97. The first kappa shape index (κ1) is 22.3. The van der Waals surface area contributed by atoms with Gasteiger partial charge in [-0.2, -0.15) is 0 Å². The SMILES string of the molecule is C=C(CN1CCC2(CC1)OCC(Cn1nnc3ccccc31)O2)N=C(/C=C(\N)OC)OC. The fourth-order valence-electron chi connectivity index (χ4n) is 4.03. The summed E-state index contributed by atoms with van der Waals surface area (Å²) in [5.41, 5.74) is 8.23. The van der Waals surface area contributed by atoms with E-state index in [1.54, 1.807) is 0 Å². The van der Waals surface area contributed by atoms with E-state index in [2.05, 4.69) is 26.8 Å². The van der Waals surface area contributed by atoms with Crippen molar-refractivity contribution in [2.75, 3.05) is 40.5 Å². The molecule has 2 aliphatic rings. The molecule has 1 aromatic heterocycles. The summed E-state index contributed by atoms with van der Waals surface area (Å²) in [5, 5.41) is 8.48. The third-order valence-electron chi connectivity index (χ3n) is 5.71. The summed E-state index contributed by atoms with van der Waals surface area (Å²) in [6, 6.07) is 7.92. The van der Waals surface area contributed by atoms with Crippen LogP contribution in [-0.4, -0.2) is 78.1 Å². The summed E-state index contributed by atoms with van der Waals surface area (Å²) in [5.74, 6) is 0.0474. The number of fused-ring (bicyclic) bond motifs is 1. The summed E-state index contributed by atoms with van der Waals surface area (Å²) in [7, 11) is 3.02. The molecule has 0 aliphatic carbocycles. The molecule has 1 unspecified atom stereocenters. The molecular weight excluding hydrogens is 412 g/mol. The van der Waals surface area contributed by atoms with Crippen LogP contribution in [0.15, 0.2) is 53.5 Å². The Morgan fingerprint density at radius 3 is 2.84 bits per heavy atom. The number of hydrogen-bond donors (Lipinski definition) is 1. The van der Waals surface area contributed by atoms with E-state index in [0.717, 1.165) is 37.0 Å². The van der Waals surface area contributed by atoms with Crippen molar-refractivity contribution in [2.24, 2.45) is 10.7 Å². The van der Waals surface area contributed by atoms with Crippen molar-refractivity contribution in [2.45, 2.75) is 31.3 Å². The molecule has 3 heterocycles. The van der Waals surface area contributed by atoms with E-state index in [1.165, 1.54) is 20.3 Å². The molecular formula is C22H30N6O4. The lowest BCUT2D eigenvalue weighted by atomic mass is 10.0. The van der Waals surface area contributed by atoms with Gasteiger partial charge >= 0.3 is 0 Å². The van der Waals surface area contributed by atoms with Gasteiger partial charge in [-0.25, -0.2) is 9.67 Å². The number of likely N-dealkylation sites (tertiary alicyclic amines) is 1. The average molecular weight is 443 g/mol. The Labute approximate surface area is 187 Å². The molecule has 1 atom stereocenters. The topological polar surface area (TPSA) is 109 Å². The van der Waals surface area contributed by atoms with E-state index < -0.39 is 5.79 Å². The van der Waals surface area contributed by atoms with Crippen LogP contribution in [0, 0.1) is 0 Å². The van der Waals surface area contributed by atoms with Gasteiger partial charge in [0.05, 0.1) is 44.7 Å². The first-order valence-electron chi connectivity index (χ1n) is 10.6. The first-order chi connectivity index (χ1) is 15.5. The van der Waals surface area contributed by atoms with E-state index in [9.17, 15) is 0 Å². The summed E-state index contributed by atoms with van der Waals surface area (Å²) in [6.45, 7) is 7.48. The number of benzene rings is 1. The molecule has 1 aromatic carbocycles. The van der Waals surface area contributed by atoms with Crippen molar-refractivity contribution in [3.05, 3.63) is 48.5 Å². The van der Waals surface area contributed by atoms with Crippen LogP contribution in [0.3, 0.4) is 0 Å². The van der Waals surface area contributed by atoms with Crippen molar-refractivity contribution in [3.63, 3.8) is 0 Å². The molecule has 2 aliphatic heterocycles. The smallest absolute Gasteiger partial charge is 0.218 e. The number of hydrogen-bond acceptors (Lipinski definition) is 9. The Hall–Kier alpha value is -2.95. The lowest BCUT2D eigenvalue weighted by Crippen LogP contribution is -2.46. The minimum atomic E-state index is -0.532. The van der Waals surface area contributed by atoms with Gasteiger partial charge in [0.15, 0.2) is 11.7 Å². The molecule has 32 heavy (non-hydrogen) atoms. The Morgan fingerprint density at radius 2 is 2.09 bits per heavy atom. The molecule has 0 saturated carbocycles. The van der Waals surface area contributed by atoms with Crippen LogP contribution in [0.2, 0.25) is 0 Å². The number of piperidine rings is 1. The predicted molar refractivity (Wildman–Crippen MR) is 120 cm³/mol. The van der Waals surface area contributed by atoms with Crippen LogP contribution >= 0.6 is 0 Å². The minimum Gasteiger partial charge on any atom is -0.483 e. The molecule has 0 radical (unpaired) electrons. The predicted octanol–water partition coefficient (Wildman–Crippen LogP) is 1.64. The highest BCUT2D eigenvalue weighted by Crippen LogP contribution is 2.34. The molecule has 0 amide bonds. The number of aliphatic imine (C=N–C) groups is 1. The zero-order valence-electron chi connectivity index (χ0n) is 18.6. The second kappa shape index (κ2) is 9.68. The van der Waals surface area contributed by atoms with Gasteiger partial charge in [-0.15, -0.1) is 5.10 Å². The normalized spacial score (nSPS) is 21.9. The van der Waals surface area contributed by atoms with Gasteiger partial charge < -0.3 is 24.7 Å². The van der Waals surface area contributed by atoms with Crippen molar-refractivity contribution < 1.29 is 18.9 Å². The summed E-state index contributed by atoms with van der Waals surface area (Å²) < 4.78 is 24.5. The number of ether oxygens (including phenoxy) is 4. The van der Waals surface area contributed by atoms with Gasteiger partial charge in [-0.1, -0.05) is 23.9 Å². The Kier molecular flexibility index (Phi) is 6.73. The highest BCUT2D eigenvalue weighted by molar-refractivity contribution is 5.88. The van der Waals surface area contributed by atoms with E-state index in [-0.39, 0.29) is 12.0 Å². The molecule has 2 saturated heterocycles. The van der Waals surface area contributed by atoms with Gasteiger partial charge in [-0.3, -0.25) is 4.90 Å². The zero-order valence-corrected chi connectivity index (χ0v) is 18.6. The van der Waals surface area contributed by atoms with Crippen LogP contribution < -0.4 is 5.73 Å². The average Bonchev–Trinajstić information content (AvgIpc) is 3.39. The third-order valence-corrected chi connectivity index (χ3v) is 5.71. The zero-order chi connectivity index (χ0) is 22.6. The molecule has 10 nitrogen and oxygen atoms in total. The van der Waals surface area contributed by atoms with Crippen molar-refractivity contribution in [1.82, 2.24) is 19.9 Å². The summed E-state index contributed by atoms with van der Waals surface area (Å²) in [4.78, 5) is 6.67. The first-order valence-corrected chi connectivity index (χ1v) is 10.6. The molecule has 2 N–H and O–H groups in total. The van der Waals surface area contributed by atoms with Crippen LogP contribution in [0.5, 0.6) is 0 Å². The molecule has 0 bridgehead atoms. The Morgan fingerprint density at radius 1 is 1.31 bits per heavy atom. The molecule has 10 heteroatoms. The van der Waals surface area contributed by atoms with Crippen LogP contribution in [0.4, 0.5) is 0 Å². The monoisotopic (exact) mass is 442 g/mol. The quantitative estimate of drug-likeness (QED) is 0.392.